The minimum atomic E-state index is -1.02. The average Bonchev–Trinajstić information content (AvgIpc) is 3.03. The number of carbonyl (C=O) groups is 2. The van der Waals surface area contributed by atoms with Gasteiger partial charge in [0.2, 0.25) is 5.91 Å². The first-order valence-electron chi connectivity index (χ1n) is 8.98. The number of furan rings is 1. The first kappa shape index (κ1) is 19.5. The van der Waals surface area contributed by atoms with Crippen molar-refractivity contribution in [2.75, 3.05) is 13.7 Å². The third-order valence-electron chi connectivity index (χ3n) is 4.74. The van der Waals surface area contributed by atoms with Crippen molar-refractivity contribution in [2.45, 2.75) is 26.8 Å². The van der Waals surface area contributed by atoms with Gasteiger partial charge in [-0.25, -0.2) is 4.79 Å². The van der Waals surface area contributed by atoms with Crippen molar-refractivity contribution in [1.29, 1.82) is 0 Å². The highest BCUT2D eigenvalue weighted by atomic mass is 16.5. The van der Waals surface area contributed by atoms with Crippen molar-refractivity contribution in [3.05, 3.63) is 64.9 Å². The van der Waals surface area contributed by atoms with Crippen molar-refractivity contribution in [3.8, 4) is 5.75 Å². The Morgan fingerprint density at radius 1 is 1.11 bits per heavy atom. The molecule has 0 fully saturated rings. The van der Waals surface area contributed by atoms with Crippen LogP contribution in [-0.2, 0) is 22.6 Å². The molecule has 1 N–H and O–H groups in total. The van der Waals surface area contributed by atoms with Crippen LogP contribution in [0.1, 0.15) is 22.3 Å². The Bertz CT molecular complexity index is 1000. The molecule has 0 aliphatic heterocycles. The molecule has 0 unspecified atom stereocenters. The normalized spacial score (nSPS) is 10.8. The summed E-state index contributed by atoms with van der Waals surface area (Å²) in [5.74, 6) is -0.547. The molecule has 0 aliphatic rings. The predicted octanol–water partition coefficient (Wildman–Crippen LogP) is 3.71. The number of ether oxygens (including phenoxy) is 1. The van der Waals surface area contributed by atoms with E-state index in [9.17, 15) is 9.59 Å². The van der Waals surface area contributed by atoms with Gasteiger partial charge in [-0.05, 0) is 54.8 Å². The molecule has 0 spiro atoms. The lowest BCUT2D eigenvalue weighted by Gasteiger charge is -2.17. The largest absolute Gasteiger partial charge is 0.482 e. The molecule has 0 atom stereocenters. The monoisotopic (exact) mass is 381 g/mol. The molecule has 2 aromatic carbocycles. The SMILES string of the molecule is Cc1cc2occ(CC(=O)N(C)Cc3ccc(OCC(=O)O)cc3)c2cc1C. The molecule has 1 heterocycles. The van der Waals surface area contributed by atoms with Gasteiger partial charge in [0.1, 0.15) is 11.3 Å². The van der Waals surface area contributed by atoms with Gasteiger partial charge in [0, 0.05) is 24.5 Å². The van der Waals surface area contributed by atoms with Crippen molar-refractivity contribution in [1.82, 2.24) is 4.90 Å². The quantitative estimate of drug-likeness (QED) is 0.675. The maximum Gasteiger partial charge on any atom is 0.341 e. The van der Waals surface area contributed by atoms with E-state index in [0.717, 1.165) is 27.7 Å². The second kappa shape index (κ2) is 8.17. The van der Waals surface area contributed by atoms with Crippen molar-refractivity contribution >= 4 is 22.8 Å². The van der Waals surface area contributed by atoms with E-state index in [1.54, 1.807) is 30.3 Å². The van der Waals surface area contributed by atoms with Gasteiger partial charge in [-0.2, -0.15) is 0 Å². The number of hydrogen-bond donors (Lipinski definition) is 1. The van der Waals surface area contributed by atoms with Gasteiger partial charge in [-0.1, -0.05) is 12.1 Å². The molecule has 3 aromatic rings. The number of aliphatic carboxylic acids is 1. The average molecular weight is 381 g/mol. The lowest BCUT2D eigenvalue weighted by Crippen LogP contribution is -2.27. The molecule has 6 heteroatoms. The summed E-state index contributed by atoms with van der Waals surface area (Å²) in [4.78, 5) is 24.8. The molecule has 1 aromatic heterocycles. The molecule has 0 bridgehead atoms. The summed E-state index contributed by atoms with van der Waals surface area (Å²) in [6.45, 7) is 4.15. The van der Waals surface area contributed by atoms with E-state index in [0.29, 0.717) is 12.3 Å². The van der Waals surface area contributed by atoms with Crippen LogP contribution in [0.25, 0.3) is 11.0 Å². The lowest BCUT2D eigenvalue weighted by molar-refractivity contribution is -0.139. The zero-order valence-electron chi connectivity index (χ0n) is 16.2. The number of fused-ring (bicyclic) bond motifs is 1. The van der Waals surface area contributed by atoms with E-state index in [2.05, 4.69) is 6.07 Å². The fraction of sp³-hybridized carbons (Fsp3) is 0.273. The molecule has 0 saturated heterocycles. The number of hydrogen-bond acceptors (Lipinski definition) is 4. The standard InChI is InChI=1S/C22H23NO5/c1-14-8-19-17(12-28-20(19)9-15(14)2)10-21(24)23(3)11-16-4-6-18(7-5-16)27-13-22(25)26/h4-9,12H,10-11,13H2,1-3H3,(H,25,26). The van der Waals surface area contributed by atoms with Crippen LogP contribution in [0.2, 0.25) is 0 Å². The van der Waals surface area contributed by atoms with Crippen LogP contribution in [0, 0.1) is 13.8 Å². The molecular weight excluding hydrogens is 358 g/mol. The van der Waals surface area contributed by atoms with Crippen LogP contribution in [0.5, 0.6) is 5.75 Å². The summed E-state index contributed by atoms with van der Waals surface area (Å²) < 4.78 is 10.7. The summed E-state index contributed by atoms with van der Waals surface area (Å²) in [5.41, 5.74) is 4.94. The van der Waals surface area contributed by atoms with Crippen LogP contribution in [0.3, 0.4) is 0 Å². The molecule has 146 valence electrons. The number of benzene rings is 2. The molecule has 0 aliphatic carbocycles. The highest BCUT2D eigenvalue weighted by molar-refractivity contribution is 5.88. The van der Waals surface area contributed by atoms with Crippen LogP contribution in [0.15, 0.2) is 47.1 Å². The van der Waals surface area contributed by atoms with Gasteiger partial charge < -0.3 is 19.2 Å². The number of carboxylic acid groups (broad SMARTS) is 1. The molecule has 6 nitrogen and oxygen atoms in total. The van der Waals surface area contributed by atoms with Crippen LogP contribution >= 0.6 is 0 Å². The third kappa shape index (κ3) is 4.52. The summed E-state index contributed by atoms with van der Waals surface area (Å²) in [6.07, 6.45) is 1.93. The minimum absolute atomic E-state index is 0.00729. The Kier molecular flexibility index (Phi) is 5.68. The van der Waals surface area contributed by atoms with Crippen molar-refractivity contribution in [2.24, 2.45) is 0 Å². The van der Waals surface area contributed by atoms with Gasteiger partial charge in [0.05, 0.1) is 12.7 Å². The van der Waals surface area contributed by atoms with E-state index in [4.69, 9.17) is 14.3 Å². The van der Waals surface area contributed by atoms with E-state index >= 15 is 0 Å². The lowest BCUT2D eigenvalue weighted by atomic mass is 10.0. The number of carboxylic acids is 1. The summed E-state index contributed by atoms with van der Waals surface area (Å²) >= 11 is 0. The first-order chi connectivity index (χ1) is 13.3. The van der Waals surface area contributed by atoms with Crippen molar-refractivity contribution < 1.29 is 23.8 Å². The van der Waals surface area contributed by atoms with Crippen LogP contribution in [-0.4, -0.2) is 35.5 Å². The number of amides is 1. The van der Waals surface area contributed by atoms with Gasteiger partial charge >= 0.3 is 5.97 Å². The molecular formula is C22H23NO5. The Labute approximate surface area is 163 Å². The number of nitrogens with zero attached hydrogens (tertiary/aromatic N) is 1. The van der Waals surface area contributed by atoms with Gasteiger partial charge in [0.25, 0.3) is 0 Å². The Balaban J connectivity index is 1.63. The third-order valence-corrected chi connectivity index (χ3v) is 4.74. The molecule has 0 saturated carbocycles. The maximum atomic E-state index is 12.6. The summed E-state index contributed by atoms with van der Waals surface area (Å²) in [5, 5.41) is 9.61. The highest BCUT2D eigenvalue weighted by Crippen LogP contribution is 2.25. The van der Waals surface area contributed by atoms with Gasteiger partial charge in [0.15, 0.2) is 6.61 Å². The smallest absolute Gasteiger partial charge is 0.341 e. The zero-order valence-corrected chi connectivity index (χ0v) is 16.2. The number of carbonyl (C=O) groups excluding carboxylic acids is 1. The van der Waals surface area contributed by atoms with Gasteiger partial charge in [-0.3, -0.25) is 4.79 Å². The molecule has 28 heavy (non-hydrogen) atoms. The van der Waals surface area contributed by atoms with Crippen molar-refractivity contribution in [3.63, 3.8) is 0 Å². The Hall–Kier alpha value is -3.28. The van der Waals surface area contributed by atoms with E-state index < -0.39 is 5.97 Å². The van der Waals surface area contributed by atoms with E-state index in [1.165, 1.54) is 5.56 Å². The zero-order chi connectivity index (χ0) is 20.3. The summed E-state index contributed by atoms with van der Waals surface area (Å²) in [7, 11) is 1.76. The Morgan fingerprint density at radius 2 is 1.79 bits per heavy atom. The van der Waals surface area contributed by atoms with E-state index in [1.807, 2.05) is 32.0 Å². The Morgan fingerprint density at radius 3 is 2.46 bits per heavy atom. The highest BCUT2D eigenvalue weighted by Gasteiger charge is 2.15. The molecule has 3 rings (SSSR count). The summed E-state index contributed by atoms with van der Waals surface area (Å²) in [6, 6.07) is 11.1. The molecule has 1 amide bonds. The number of likely N-dealkylation sites (N-methyl/N-ethyl adjacent to an activating group) is 1. The second-order valence-corrected chi connectivity index (χ2v) is 6.95. The fourth-order valence-corrected chi connectivity index (χ4v) is 2.97. The predicted molar refractivity (Wildman–Crippen MR) is 105 cm³/mol. The second-order valence-electron chi connectivity index (χ2n) is 6.95. The first-order valence-corrected chi connectivity index (χ1v) is 8.98. The maximum absolute atomic E-state index is 12.6. The topological polar surface area (TPSA) is 80.0 Å². The molecule has 0 radical (unpaired) electrons. The number of aryl methyl sites for hydroxylation is 2. The number of rotatable bonds is 7. The minimum Gasteiger partial charge on any atom is -0.482 e. The van der Waals surface area contributed by atoms with Gasteiger partial charge in [-0.15, -0.1) is 0 Å². The van der Waals surface area contributed by atoms with Crippen LogP contribution in [0.4, 0.5) is 0 Å². The van der Waals surface area contributed by atoms with E-state index in [-0.39, 0.29) is 18.9 Å². The van der Waals surface area contributed by atoms with Crippen LogP contribution < -0.4 is 4.74 Å². The fourth-order valence-electron chi connectivity index (χ4n) is 2.97.